The molecular formula is C60H37N3S. The molecule has 0 spiro atoms. The Hall–Kier alpha value is -8.18. The zero-order valence-electron chi connectivity index (χ0n) is 34.6. The van der Waals surface area contributed by atoms with E-state index in [9.17, 15) is 0 Å². The van der Waals surface area contributed by atoms with E-state index >= 15 is 0 Å². The van der Waals surface area contributed by atoms with Gasteiger partial charge in [0, 0.05) is 63.9 Å². The monoisotopic (exact) mass is 831 g/mol. The first-order valence-corrected chi connectivity index (χ1v) is 22.7. The molecule has 0 bridgehead atoms. The number of fused-ring (bicyclic) bond motifs is 12. The van der Waals surface area contributed by atoms with Gasteiger partial charge in [0.2, 0.25) is 0 Å². The highest BCUT2D eigenvalue weighted by Gasteiger charge is 2.22. The molecular weight excluding hydrogens is 795 g/mol. The molecule has 14 rings (SSSR count). The van der Waals surface area contributed by atoms with Crippen LogP contribution in [0.1, 0.15) is 0 Å². The van der Waals surface area contributed by atoms with Crippen LogP contribution in [-0.2, 0) is 0 Å². The first-order chi connectivity index (χ1) is 31.8. The smallest absolute Gasteiger partial charge is 0.0562 e. The quantitative estimate of drug-likeness (QED) is 0.164. The second-order valence-electron chi connectivity index (χ2n) is 16.9. The summed E-state index contributed by atoms with van der Waals surface area (Å²) in [6.45, 7) is 0. The summed E-state index contributed by atoms with van der Waals surface area (Å²) >= 11 is 1.89. The van der Waals surface area contributed by atoms with Crippen molar-refractivity contribution in [2.75, 3.05) is 0 Å². The lowest BCUT2D eigenvalue weighted by Crippen LogP contribution is -1.98. The maximum Gasteiger partial charge on any atom is 0.0562 e. The summed E-state index contributed by atoms with van der Waals surface area (Å²) < 4.78 is 9.99. The molecule has 14 aromatic rings. The van der Waals surface area contributed by atoms with Gasteiger partial charge in [-0.05, 0) is 95.1 Å². The summed E-state index contributed by atoms with van der Waals surface area (Å²) in [6.07, 6.45) is 0. The number of rotatable bonds is 5. The maximum atomic E-state index is 2.52. The minimum Gasteiger partial charge on any atom is -0.309 e. The van der Waals surface area contributed by atoms with Gasteiger partial charge in [-0.1, -0.05) is 152 Å². The Morgan fingerprint density at radius 2 is 0.781 bits per heavy atom. The van der Waals surface area contributed by atoms with Crippen molar-refractivity contribution in [3.05, 3.63) is 224 Å². The average molecular weight is 832 g/mol. The summed E-state index contributed by atoms with van der Waals surface area (Å²) in [7, 11) is 0. The molecule has 0 aliphatic heterocycles. The van der Waals surface area contributed by atoms with E-state index in [-0.39, 0.29) is 0 Å². The molecule has 0 unspecified atom stereocenters. The van der Waals surface area contributed by atoms with Crippen LogP contribution in [0.4, 0.5) is 0 Å². The minimum atomic E-state index is 1.13. The fraction of sp³-hybridized carbons (Fsp3) is 0. The van der Waals surface area contributed by atoms with Gasteiger partial charge in [0.25, 0.3) is 0 Å². The van der Waals surface area contributed by atoms with E-state index in [1.807, 2.05) is 11.3 Å². The number of benzene rings is 10. The van der Waals surface area contributed by atoms with E-state index in [0.717, 1.165) is 11.4 Å². The molecule has 4 heteroatoms. The van der Waals surface area contributed by atoms with Crippen LogP contribution in [0.25, 0.3) is 125 Å². The topological polar surface area (TPSA) is 14.8 Å². The number of hydrogen-bond acceptors (Lipinski definition) is 1. The molecule has 10 aromatic carbocycles. The molecule has 0 aliphatic rings. The summed E-state index contributed by atoms with van der Waals surface area (Å²) in [5.74, 6) is 0. The molecule has 64 heavy (non-hydrogen) atoms. The highest BCUT2D eigenvalue weighted by molar-refractivity contribution is 7.26. The second kappa shape index (κ2) is 13.7. The third-order valence-electron chi connectivity index (χ3n) is 13.4. The third kappa shape index (κ3) is 5.09. The Labute approximate surface area is 372 Å². The molecule has 4 aromatic heterocycles. The van der Waals surface area contributed by atoms with Gasteiger partial charge in [-0.25, -0.2) is 0 Å². The van der Waals surface area contributed by atoms with Crippen molar-refractivity contribution in [1.29, 1.82) is 0 Å². The lowest BCUT2D eigenvalue weighted by Gasteiger charge is -2.15. The fourth-order valence-electron chi connectivity index (χ4n) is 10.7. The van der Waals surface area contributed by atoms with Gasteiger partial charge in [-0.2, -0.15) is 0 Å². The summed E-state index contributed by atoms with van der Waals surface area (Å²) in [5, 5.41) is 10.0. The van der Waals surface area contributed by atoms with Crippen molar-refractivity contribution >= 4 is 96.9 Å². The Morgan fingerprint density at radius 1 is 0.281 bits per heavy atom. The van der Waals surface area contributed by atoms with E-state index in [2.05, 4.69) is 238 Å². The molecule has 3 nitrogen and oxygen atoms in total. The Bertz CT molecular complexity index is 4140. The first kappa shape index (κ1) is 35.4. The first-order valence-electron chi connectivity index (χ1n) is 21.9. The molecule has 0 aliphatic carbocycles. The molecule has 0 atom stereocenters. The van der Waals surface area contributed by atoms with E-state index < -0.39 is 0 Å². The Morgan fingerprint density at radius 3 is 1.47 bits per heavy atom. The average Bonchev–Trinajstić information content (AvgIpc) is 4.10. The van der Waals surface area contributed by atoms with Gasteiger partial charge in [-0.15, -0.1) is 11.3 Å². The van der Waals surface area contributed by atoms with E-state index in [1.165, 1.54) is 114 Å². The third-order valence-corrected chi connectivity index (χ3v) is 14.6. The van der Waals surface area contributed by atoms with Crippen molar-refractivity contribution in [3.8, 4) is 39.3 Å². The molecule has 0 amide bonds. The number of hydrogen-bond donors (Lipinski definition) is 0. The maximum absolute atomic E-state index is 2.52. The molecule has 0 saturated carbocycles. The minimum absolute atomic E-state index is 1.13. The SMILES string of the molecule is c1ccc(-c2cccc(-c3ccc(-n4c5ccccc5c5ccc(-n6c7ccccc7c7cc(-n8c9ccccc9c9ccccc98)ccc76)cc54)c4c3sc3ccccc34)c2)cc1. The molecule has 0 N–H and O–H groups in total. The van der Waals surface area contributed by atoms with Crippen LogP contribution in [0.2, 0.25) is 0 Å². The lowest BCUT2D eigenvalue weighted by molar-refractivity contribution is 1.16. The zero-order valence-corrected chi connectivity index (χ0v) is 35.4. The van der Waals surface area contributed by atoms with Crippen LogP contribution in [-0.4, -0.2) is 13.7 Å². The zero-order chi connectivity index (χ0) is 41.9. The fourth-order valence-corrected chi connectivity index (χ4v) is 11.9. The highest BCUT2D eigenvalue weighted by Crippen LogP contribution is 2.46. The van der Waals surface area contributed by atoms with Gasteiger partial charge >= 0.3 is 0 Å². The molecule has 0 saturated heterocycles. The van der Waals surface area contributed by atoms with E-state index in [4.69, 9.17) is 0 Å². The van der Waals surface area contributed by atoms with Crippen LogP contribution in [0.5, 0.6) is 0 Å². The molecule has 0 radical (unpaired) electrons. The molecule has 4 heterocycles. The van der Waals surface area contributed by atoms with Crippen LogP contribution in [0, 0.1) is 0 Å². The van der Waals surface area contributed by atoms with Crippen LogP contribution in [0.15, 0.2) is 224 Å². The molecule has 0 fully saturated rings. The predicted molar refractivity (Wildman–Crippen MR) is 273 cm³/mol. The van der Waals surface area contributed by atoms with Crippen molar-refractivity contribution in [2.24, 2.45) is 0 Å². The van der Waals surface area contributed by atoms with Gasteiger partial charge in [0.15, 0.2) is 0 Å². The van der Waals surface area contributed by atoms with Crippen molar-refractivity contribution in [1.82, 2.24) is 13.7 Å². The van der Waals surface area contributed by atoms with Crippen molar-refractivity contribution in [2.45, 2.75) is 0 Å². The number of nitrogens with zero attached hydrogens (tertiary/aromatic N) is 3. The van der Waals surface area contributed by atoms with Gasteiger partial charge in [0.05, 0.1) is 38.8 Å². The highest BCUT2D eigenvalue weighted by atomic mass is 32.1. The Kier molecular flexibility index (Phi) is 7.56. The lowest BCUT2D eigenvalue weighted by atomic mass is 9.97. The predicted octanol–water partition coefficient (Wildman–Crippen LogP) is 16.7. The second-order valence-corrected chi connectivity index (χ2v) is 17.9. The normalized spacial score (nSPS) is 12.1. The van der Waals surface area contributed by atoms with Gasteiger partial charge in [0.1, 0.15) is 0 Å². The molecule has 298 valence electrons. The van der Waals surface area contributed by atoms with Gasteiger partial charge in [-0.3, -0.25) is 0 Å². The van der Waals surface area contributed by atoms with Crippen LogP contribution >= 0.6 is 11.3 Å². The summed E-state index contributed by atoms with van der Waals surface area (Å²) in [5.41, 5.74) is 15.6. The summed E-state index contributed by atoms with van der Waals surface area (Å²) in [6, 6.07) is 82.7. The van der Waals surface area contributed by atoms with Crippen LogP contribution in [0.3, 0.4) is 0 Å². The van der Waals surface area contributed by atoms with Crippen molar-refractivity contribution in [3.63, 3.8) is 0 Å². The number of para-hydroxylation sites is 4. The Balaban J connectivity index is 1.00. The summed E-state index contributed by atoms with van der Waals surface area (Å²) in [4.78, 5) is 0. The van der Waals surface area contributed by atoms with Crippen LogP contribution < -0.4 is 0 Å². The van der Waals surface area contributed by atoms with E-state index in [0.29, 0.717) is 0 Å². The van der Waals surface area contributed by atoms with Gasteiger partial charge < -0.3 is 13.7 Å². The number of thiophene rings is 1. The van der Waals surface area contributed by atoms with Crippen molar-refractivity contribution < 1.29 is 0 Å². The largest absolute Gasteiger partial charge is 0.309 e. The standard InChI is InChI=1S/C60H37N3S/c1-2-15-38(16-3-1)39-17-14-18-40(35-39)43-32-34-56(59-49-23-8-13-28-58(49)64-60(43)59)63-54-27-12-6-21-46(54)48-31-29-42(37-57(48)63)62-53-26-11-7-22-47(53)50-36-41(30-33-55(50)62)61-51-24-9-4-19-44(51)45-20-5-10-25-52(45)61/h1-37H. The number of aromatic nitrogens is 3. The van der Waals surface area contributed by atoms with E-state index in [1.54, 1.807) is 0 Å².